The largest absolute Gasteiger partial charge is 0.461 e. The van der Waals surface area contributed by atoms with E-state index < -0.39 is 0 Å². The van der Waals surface area contributed by atoms with E-state index in [2.05, 4.69) is 52.9 Å². The van der Waals surface area contributed by atoms with E-state index in [1.54, 1.807) is 7.11 Å². The van der Waals surface area contributed by atoms with Crippen LogP contribution in [0.4, 0.5) is 5.69 Å². The summed E-state index contributed by atoms with van der Waals surface area (Å²) in [4.78, 5) is 2.51. The molecule has 0 N–H and O–H groups in total. The van der Waals surface area contributed by atoms with E-state index in [9.17, 15) is 0 Å². The van der Waals surface area contributed by atoms with Gasteiger partial charge in [0.2, 0.25) is 0 Å². The second-order valence-corrected chi connectivity index (χ2v) is 9.53. The van der Waals surface area contributed by atoms with Gasteiger partial charge in [-0.1, -0.05) is 6.08 Å². The molecule has 3 aliphatic rings. The van der Waals surface area contributed by atoms with Crippen LogP contribution in [-0.4, -0.2) is 37.5 Å². The molecule has 0 amide bonds. The molecular weight excluding hydrogens is 400 g/mol. The highest BCUT2D eigenvalue weighted by Crippen LogP contribution is 2.30. The van der Waals surface area contributed by atoms with Crippen LogP contribution in [-0.2, 0) is 35.9 Å². The third kappa shape index (κ3) is 3.48. The molecule has 168 valence electrons. The van der Waals surface area contributed by atoms with E-state index >= 15 is 0 Å². The Morgan fingerprint density at radius 1 is 1.16 bits per heavy atom. The van der Waals surface area contributed by atoms with Crippen LogP contribution in [0, 0.1) is 5.92 Å². The van der Waals surface area contributed by atoms with E-state index in [0.29, 0.717) is 5.92 Å². The zero-order valence-electron chi connectivity index (χ0n) is 19.1. The first-order valence-corrected chi connectivity index (χ1v) is 12.0. The van der Waals surface area contributed by atoms with Crippen molar-refractivity contribution in [2.75, 3.05) is 31.8 Å². The van der Waals surface area contributed by atoms with Crippen molar-refractivity contribution in [3.05, 3.63) is 51.9 Å². The molecule has 6 rings (SSSR count). The number of hydrogen-bond donors (Lipinski definition) is 0. The summed E-state index contributed by atoms with van der Waals surface area (Å²) in [5.74, 6) is 1.79. The molecule has 1 aliphatic carbocycles. The van der Waals surface area contributed by atoms with Crippen molar-refractivity contribution >= 4 is 28.8 Å². The summed E-state index contributed by atoms with van der Waals surface area (Å²) in [6.07, 6.45) is 10.2. The number of aromatic nitrogens is 1. The Hall–Kier alpha value is -2.50. The van der Waals surface area contributed by atoms with Gasteiger partial charge in [-0.05, 0) is 61.1 Å². The monoisotopic (exact) mass is 432 g/mol. The summed E-state index contributed by atoms with van der Waals surface area (Å²) in [7, 11) is 4.01. The molecule has 1 aromatic carbocycles. The van der Waals surface area contributed by atoms with Crippen LogP contribution in [0.15, 0.2) is 28.7 Å². The summed E-state index contributed by atoms with van der Waals surface area (Å²) in [5, 5.41) is 3.94. The standard InChI is InChI=1S/C27H32N2O3/c1-28-25-5-4-21(30-2)16-23(25)24-17-29(10-7-26(24)28)20-3-6-27-19(14-20)15-22(32-27)13-18-8-11-31-12-9-18/h3,5-6,14-16,18,21H,4,7-13,17H2,1-2H3. The van der Waals surface area contributed by atoms with Gasteiger partial charge in [-0.25, -0.2) is 0 Å². The third-order valence-electron chi connectivity index (χ3n) is 7.63. The number of furan rings is 1. The van der Waals surface area contributed by atoms with Gasteiger partial charge in [-0.2, -0.15) is 0 Å². The lowest BCUT2D eigenvalue weighted by atomic mass is 9.95. The van der Waals surface area contributed by atoms with Gasteiger partial charge in [0.25, 0.3) is 0 Å². The van der Waals surface area contributed by atoms with Crippen molar-refractivity contribution < 1.29 is 13.9 Å². The zero-order chi connectivity index (χ0) is 21.7. The average molecular weight is 433 g/mol. The van der Waals surface area contributed by atoms with Crippen molar-refractivity contribution in [3.63, 3.8) is 0 Å². The third-order valence-corrected chi connectivity index (χ3v) is 7.63. The molecule has 32 heavy (non-hydrogen) atoms. The molecule has 2 aromatic heterocycles. The fourth-order valence-electron chi connectivity index (χ4n) is 5.76. The van der Waals surface area contributed by atoms with E-state index in [1.165, 1.54) is 32.9 Å². The quantitative estimate of drug-likeness (QED) is 0.634. The second kappa shape index (κ2) is 8.13. The minimum Gasteiger partial charge on any atom is -0.461 e. The maximum Gasteiger partial charge on any atom is 0.134 e. The smallest absolute Gasteiger partial charge is 0.134 e. The molecule has 5 heteroatoms. The average Bonchev–Trinajstić information content (AvgIpc) is 3.36. The molecule has 0 spiro atoms. The lowest BCUT2D eigenvalue weighted by molar-refractivity contribution is 0.0652. The number of methoxy groups -OCH3 is 1. The van der Waals surface area contributed by atoms with Gasteiger partial charge in [0, 0.05) is 80.6 Å². The predicted octanol–water partition coefficient (Wildman–Crippen LogP) is 3.28. The molecule has 3 aromatic rings. The fourth-order valence-corrected chi connectivity index (χ4v) is 5.76. The molecular formula is C27H32N2O3. The van der Waals surface area contributed by atoms with Gasteiger partial charge < -0.3 is 23.4 Å². The second-order valence-electron chi connectivity index (χ2n) is 9.53. The van der Waals surface area contributed by atoms with Gasteiger partial charge in [0.05, 0.1) is 6.10 Å². The normalized spacial score (nSPS) is 21.2. The Labute approximate surface area is 188 Å². The van der Waals surface area contributed by atoms with Crippen molar-refractivity contribution in [3.8, 4) is 0 Å². The van der Waals surface area contributed by atoms with Crippen LogP contribution >= 0.6 is 0 Å². The zero-order valence-corrected chi connectivity index (χ0v) is 19.1. The van der Waals surface area contributed by atoms with Crippen LogP contribution in [0.3, 0.4) is 0 Å². The first-order valence-electron chi connectivity index (χ1n) is 12.0. The number of nitrogens with zero attached hydrogens (tertiary/aromatic N) is 2. The lowest BCUT2D eigenvalue weighted by Gasteiger charge is -2.30. The molecule has 0 bridgehead atoms. The van der Waals surface area contributed by atoms with Crippen LogP contribution < -0.4 is 15.5 Å². The molecule has 1 unspecified atom stereocenters. The van der Waals surface area contributed by atoms with E-state index in [4.69, 9.17) is 13.9 Å². The van der Waals surface area contributed by atoms with Gasteiger partial charge in [-0.15, -0.1) is 0 Å². The number of ether oxygens (including phenoxy) is 2. The van der Waals surface area contributed by atoms with Gasteiger partial charge in [-0.3, -0.25) is 0 Å². The van der Waals surface area contributed by atoms with E-state index in [-0.39, 0.29) is 6.10 Å². The molecule has 1 fully saturated rings. The molecule has 5 nitrogen and oxygen atoms in total. The van der Waals surface area contributed by atoms with Gasteiger partial charge in [0.1, 0.15) is 11.3 Å². The molecule has 0 saturated carbocycles. The minimum atomic E-state index is 0.181. The van der Waals surface area contributed by atoms with Crippen molar-refractivity contribution in [1.29, 1.82) is 0 Å². The van der Waals surface area contributed by atoms with E-state index in [0.717, 1.165) is 69.8 Å². The Kier molecular flexibility index (Phi) is 5.11. The van der Waals surface area contributed by atoms with Gasteiger partial charge >= 0.3 is 0 Å². The fraction of sp³-hybridized carbons (Fsp3) is 0.481. The number of hydrogen-bond acceptors (Lipinski definition) is 4. The van der Waals surface area contributed by atoms with Crippen LogP contribution in [0.1, 0.15) is 36.3 Å². The topological polar surface area (TPSA) is 39.8 Å². The van der Waals surface area contributed by atoms with Crippen LogP contribution in [0.25, 0.3) is 23.1 Å². The van der Waals surface area contributed by atoms with Gasteiger partial charge in [0.15, 0.2) is 0 Å². The highest BCUT2D eigenvalue weighted by Gasteiger charge is 2.24. The highest BCUT2D eigenvalue weighted by molar-refractivity contribution is 5.82. The van der Waals surface area contributed by atoms with Crippen molar-refractivity contribution in [2.24, 2.45) is 13.0 Å². The summed E-state index contributed by atoms with van der Waals surface area (Å²) < 4.78 is 19.7. The lowest BCUT2D eigenvalue weighted by Crippen LogP contribution is -2.36. The number of fused-ring (bicyclic) bond motifs is 4. The maximum absolute atomic E-state index is 6.19. The molecule has 2 aliphatic heterocycles. The van der Waals surface area contributed by atoms with Crippen molar-refractivity contribution in [1.82, 2.24) is 4.57 Å². The van der Waals surface area contributed by atoms with Crippen LogP contribution in [0.2, 0.25) is 0 Å². The number of benzene rings is 1. The SMILES string of the molecule is COC1C=c2c3c(n(C)c2=CC1)CCN(c1ccc2oc(CC4CCOCC4)cc2c1)C3. The molecule has 4 heterocycles. The number of anilines is 1. The van der Waals surface area contributed by atoms with Crippen molar-refractivity contribution in [2.45, 2.75) is 44.8 Å². The molecule has 1 atom stereocenters. The predicted molar refractivity (Wildman–Crippen MR) is 127 cm³/mol. The summed E-state index contributed by atoms with van der Waals surface area (Å²) in [6, 6.07) is 8.92. The molecule has 0 radical (unpaired) electrons. The summed E-state index contributed by atoms with van der Waals surface area (Å²) >= 11 is 0. The van der Waals surface area contributed by atoms with E-state index in [1.807, 2.05) is 0 Å². The minimum absolute atomic E-state index is 0.181. The summed E-state index contributed by atoms with van der Waals surface area (Å²) in [6.45, 7) is 3.75. The molecule has 1 saturated heterocycles. The Bertz CT molecular complexity index is 1260. The first kappa shape index (κ1) is 20.1. The summed E-state index contributed by atoms with van der Waals surface area (Å²) in [5.41, 5.74) is 5.21. The highest BCUT2D eigenvalue weighted by atomic mass is 16.5. The first-order chi connectivity index (χ1) is 15.7. The number of rotatable bonds is 4. The Morgan fingerprint density at radius 3 is 2.88 bits per heavy atom. The Morgan fingerprint density at radius 2 is 2.03 bits per heavy atom. The Balaban J connectivity index is 1.28. The van der Waals surface area contributed by atoms with Crippen LogP contribution in [0.5, 0.6) is 0 Å². The maximum atomic E-state index is 6.19.